The van der Waals surface area contributed by atoms with Gasteiger partial charge in [0.25, 0.3) is 0 Å². The maximum Gasteiger partial charge on any atom is 0.318 e. The fraction of sp³-hybridized carbons (Fsp3) is 0.444. The Hall–Kier alpha value is -2.70. The molecule has 1 aliphatic heterocycles. The minimum absolute atomic E-state index is 0.0515. The van der Waals surface area contributed by atoms with Crippen molar-refractivity contribution in [1.29, 1.82) is 0 Å². The van der Waals surface area contributed by atoms with Gasteiger partial charge >= 0.3 is 6.03 Å². The molecular formula is C18H24N4O3. The van der Waals surface area contributed by atoms with Gasteiger partial charge in [0.15, 0.2) is 11.5 Å². The van der Waals surface area contributed by atoms with Crippen LogP contribution in [0.15, 0.2) is 30.5 Å². The van der Waals surface area contributed by atoms with Crippen molar-refractivity contribution < 1.29 is 14.6 Å². The van der Waals surface area contributed by atoms with Crippen molar-refractivity contribution >= 4 is 6.03 Å². The number of methoxy groups -OCH3 is 1. The number of phenols is 1. The number of phenolic OH excluding ortho intramolecular Hbond substituents is 1. The maximum atomic E-state index is 12.7. The number of nitrogens with zero attached hydrogens (tertiary/aromatic N) is 3. The Morgan fingerprint density at radius 3 is 2.96 bits per heavy atom. The summed E-state index contributed by atoms with van der Waals surface area (Å²) < 4.78 is 6.94. The molecule has 1 aromatic carbocycles. The Balaban J connectivity index is 1.68. The van der Waals surface area contributed by atoms with Crippen LogP contribution in [0.1, 0.15) is 36.6 Å². The van der Waals surface area contributed by atoms with E-state index in [-0.39, 0.29) is 17.8 Å². The molecule has 1 aliphatic rings. The van der Waals surface area contributed by atoms with Crippen LogP contribution in [-0.4, -0.2) is 39.5 Å². The average molecular weight is 344 g/mol. The third-order valence-electron chi connectivity index (χ3n) is 4.65. The first-order chi connectivity index (χ1) is 12.1. The molecule has 0 saturated carbocycles. The number of urea groups is 1. The third kappa shape index (κ3) is 3.70. The largest absolute Gasteiger partial charge is 0.504 e. The molecule has 25 heavy (non-hydrogen) atoms. The van der Waals surface area contributed by atoms with Crippen LogP contribution in [0.4, 0.5) is 4.79 Å². The number of hydrogen-bond donors (Lipinski definition) is 2. The molecule has 1 fully saturated rings. The van der Waals surface area contributed by atoms with Gasteiger partial charge < -0.3 is 20.1 Å². The minimum Gasteiger partial charge on any atom is -0.504 e. The van der Waals surface area contributed by atoms with Gasteiger partial charge in [-0.05, 0) is 43.0 Å². The van der Waals surface area contributed by atoms with Crippen molar-refractivity contribution in [3.8, 4) is 11.5 Å². The molecule has 0 bridgehead atoms. The van der Waals surface area contributed by atoms with Gasteiger partial charge in [-0.2, -0.15) is 5.10 Å². The summed E-state index contributed by atoms with van der Waals surface area (Å²) in [6.45, 7) is 1.12. The topological polar surface area (TPSA) is 79.6 Å². The van der Waals surface area contributed by atoms with Crippen LogP contribution in [-0.2, 0) is 13.6 Å². The van der Waals surface area contributed by atoms with Gasteiger partial charge in [0, 0.05) is 26.3 Å². The zero-order chi connectivity index (χ0) is 17.8. The van der Waals surface area contributed by atoms with Crippen molar-refractivity contribution in [2.45, 2.75) is 31.8 Å². The van der Waals surface area contributed by atoms with Crippen LogP contribution < -0.4 is 10.1 Å². The smallest absolute Gasteiger partial charge is 0.318 e. The number of benzene rings is 1. The van der Waals surface area contributed by atoms with E-state index in [1.807, 2.05) is 22.7 Å². The van der Waals surface area contributed by atoms with Crippen LogP contribution in [0, 0.1) is 0 Å². The number of aryl methyl sites for hydroxylation is 1. The number of piperidine rings is 1. The number of nitrogens with one attached hydrogen (secondary N) is 1. The quantitative estimate of drug-likeness (QED) is 0.893. The molecule has 3 rings (SSSR count). The molecule has 0 spiro atoms. The molecule has 2 N–H and O–H groups in total. The van der Waals surface area contributed by atoms with Crippen LogP contribution in [0.25, 0.3) is 0 Å². The van der Waals surface area contributed by atoms with Crippen molar-refractivity contribution in [3.05, 3.63) is 41.7 Å². The Morgan fingerprint density at radius 1 is 1.40 bits per heavy atom. The highest BCUT2D eigenvalue weighted by Crippen LogP contribution is 2.30. The lowest BCUT2D eigenvalue weighted by Crippen LogP contribution is -2.44. The molecule has 2 amide bonds. The third-order valence-corrected chi connectivity index (χ3v) is 4.65. The standard InChI is InChI=1S/C18H24N4O3/c1-21-14(8-9-20-21)15-5-3-4-10-22(15)18(24)19-12-13-6-7-16(23)17(11-13)25-2/h6-9,11,15,23H,3-5,10,12H2,1-2H3,(H,19,24)/t15-/m0/s1. The van der Waals surface area contributed by atoms with E-state index in [1.165, 1.54) is 7.11 Å². The molecule has 7 nitrogen and oxygen atoms in total. The summed E-state index contributed by atoms with van der Waals surface area (Å²) in [7, 11) is 3.41. The predicted molar refractivity (Wildman–Crippen MR) is 93.4 cm³/mol. The fourth-order valence-corrected chi connectivity index (χ4v) is 3.30. The van der Waals surface area contributed by atoms with E-state index >= 15 is 0 Å². The van der Waals surface area contributed by atoms with Gasteiger partial charge in [0.1, 0.15) is 0 Å². The Morgan fingerprint density at radius 2 is 2.24 bits per heavy atom. The molecule has 0 radical (unpaired) electrons. The highest BCUT2D eigenvalue weighted by molar-refractivity contribution is 5.74. The summed E-state index contributed by atoms with van der Waals surface area (Å²) in [4.78, 5) is 14.6. The molecule has 2 aromatic rings. The summed E-state index contributed by atoms with van der Waals surface area (Å²) in [5, 5.41) is 16.9. The normalized spacial score (nSPS) is 17.4. The first-order valence-corrected chi connectivity index (χ1v) is 8.48. The number of aromatic nitrogens is 2. The molecule has 1 atom stereocenters. The van der Waals surface area contributed by atoms with Gasteiger partial charge in [-0.1, -0.05) is 6.07 Å². The molecule has 0 aliphatic carbocycles. The van der Waals surface area contributed by atoms with E-state index in [2.05, 4.69) is 10.4 Å². The van der Waals surface area contributed by atoms with E-state index in [0.717, 1.165) is 37.1 Å². The van der Waals surface area contributed by atoms with Gasteiger partial charge in [-0.3, -0.25) is 4.68 Å². The lowest BCUT2D eigenvalue weighted by atomic mass is 9.99. The highest BCUT2D eigenvalue weighted by Gasteiger charge is 2.29. The van der Waals surface area contributed by atoms with Crippen molar-refractivity contribution in [3.63, 3.8) is 0 Å². The molecule has 1 saturated heterocycles. The number of aromatic hydroxyl groups is 1. The van der Waals surface area contributed by atoms with Gasteiger partial charge in [-0.25, -0.2) is 4.79 Å². The fourth-order valence-electron chi connectivity index (χ4n) is 3.30. The number of amides is 2. The number of ether oxygens (including phenoxy) is 1. The van der Waals surface area contributed by atoms with E-state index in [4.69, 9.17) is 4.74 Å². The van der Waals surface area contributed by atoms with E-state index in [1.54, 1.807) is 24.4 Å². The van der Waals surface area contributed by atoms with E-state index in [0.29, 0.717) is 12.3 Å². The molecule has 134 valence electrons. The maximum absolute atomic E-state index is 12.7. The zero-order valence-corrected chi connectivity index (χ0v) is 14.6. The summed E-state index contributed by atoms with van der Waals surface area (Å²) in [5.74, 6) is 0.488. The van der Waals surface area contributed by atoms with Crippen molar-refractivity contribution in [2.75, 3.05) is 13.7 Å². The van der Waals surface area contributed by atoms with Crippen LogP contribution >= 0.6 is 0 Å². The average Bonchev–Trinajstić information content (AvgIpc) is 3.06. The Bertz CT molecular complexity index is 744. The lowest BCUT2D eigenvalue weighted by Gasteiger charge is -2.35. The summed E-state index contributed by atoms with van der Waals surface area (Å²) in [5.41, 5.74) is 1.93. The number of rotatable bonds is 4. The van der Waals surface area contributed by atoms with Gasteiger partial charge in [-0.15, -0.1) is 0 Å². The van der Waals surface area contributed by atoms with E-state index in [9.17, 15) is 9.90 Å². The SMILES string of the molecule is COc1cc(CNC(=O)N2CCCC[C@H]2c2ccnn2C)ccc1O. The monoisotopic (exact) mass is 344 g/mol. The van der Waals surface area contributed by atoms with Gasteiger partial charge in [0.2, 0.25) is 0 Å². The molecule has 2 heterocycles. The van der Waals surface area contributed by atoms with Crippen LogP contribution in [0.5, 0.6) is 11.5 Å². The van der Waals surface area contributed by atoms with Crippen molar-refractivity contribution in [2.24, 2.45) is 7.05 Å². The first-order valence-electron chi connectivity index (χ1n) is 8.48. The van der Waals surface area contributed by atoms with Crippen molar-refractivity contribution in [1.82, 2.24) is 20.0 Å². The zero-order valence-electron chi connectivity index (χ0n) is 14.6. The lowest BCUT2D eigenvalue weighted by molar-refractivity contribution is 0.147. The second kappa shape index (κ2) is 7.46. The number of hydrogen-bond acceptors (Lipinski definition) is 4. The second-order valence-electron chi connectivity index (χ2n) is 6.25. The summed E-state index contributed by atoms with van der Waals surface area (Å²) >= 11 is 0. The Labute approximate surface area is 147 Å². The molecule has 0 unspecified atom stereocenters. The number of carbonyl (C=O) groups is 1. The predicted octanol–water partition coefficient (Wildman–Crippen LogP) is 2.57. The molecular weight excluding hydrogens is 320 g/mol. The molecule has 1 aromatic heterocycles. The van der Waals surface area contributed by atoms with Crippen LogP contribution in [0.3, 0.4) is 0 Å². The van der Waals surface area contributed by atoms with Crippen LogP contribution in [0.2, 0.25) is 0 Å². The summed E-state index contributed by atoms with van der Waals surface area (Å²) in [6, 6.07) is 7.01. The van der Waals surface area contributed by atoms with Gasteiger partial charge in [0.05, 0.1) is 18.8 Å². The minimum atomic E-state index is -0.0852. The second-order valence-corrected chi connectivity index (χ2v) is 6.25. The summed E-state index contributed by atoms with van der Waals surface area (Å²) in [6.07, 6.45) is 4.83. The Kier molecular flexibility index (Phi) is 5.11. The van der Waals surface area contributed by atoms with E-state index < -0.39 is 0 Å². The highest BCUT2D eigenvalue weighted by atomic mass is 16.5. The molecule has 7 heteroatoms. The first kappa shape index (κ1) is 17.1. The number of likely N-dealkylation sites (tertiary alicyclic amines) is 1. The number of carbonyl (C=O) groups excluding carboxylic acids is 1.